The quantitative estimate of drug-likeness (QED) is 0.206. The Bertz CT molecular complexity index is 1550. The van der Waals surface area contributed by atoms with E-state index in [2.05, 4.69) is 10.6 Å². The van der Waals surface area contributed by atoms with Crippen LogP contribution < -0.4 is 10.6 Å². The number of hydrogen-bond donors (Lipinski definition) is 2. The van der Waals surface area contributed by atoms with Gasteiger partial charge in [0.05, 0.1) is 23.0 Å². The molecule has 1 aromatic heterocycles. The highest BCUT2D eigenvalue weighted by molar-refractivity contribution is 6.53. The second kappa shape index (κ2) is 10.6. The van der Waals surface area contributed by atoms with Crippen LogP contribution in [-0.2, 0) is 11.3 Å². The predicted molar refractivity (Wildman–Crippen MR) is 153 cm³/mol. The van der Waals surface area contributed by atoms with Gasteiger partial charge in [-0.1, -0.05) is 34.8 Å². The molecule has 3 aromatic carbocycles. The smallest absolute Gasteiger partial charge is 0.257 e. The van der Waals surface area contributed by atoms with Gasteiger partial charge in [-0.25, -0.2) is 4.39 Å². The summed E-state index contributed by atoms with van der Waals surface area (Å²) in [7, 11) is 0. The molecule has 0 aliphatic heterocycles. The monoisotopic (exact) mass is 611 g/mol. The summed E-state index contributed by atoms with van der Waals surface area (Å²) < 4.78 is 13.2. The number of alkyl halides is 3. The van der Waals surface area contributed by atoms with Crippen LogP contribution in [0.1, 0.15) is 21.8 Å². The van der Waals surface area contributed by atoms with E-state index in [9.17, 15) is 14.0 Å². The number of aromatic nitrogens is 1. The van der Waals surface area contributed by atoms with Crippen LogP contribution in [0.5, 0.6) is 0 Å². The van der Waals surface area contributed by atoms with E-state index in [4.69, 9.17) is 58.0 Å². The molecule has 5 nitrogen and oxygen atoms in total. The molecule has 1 fully saturated rings. The van der Waals surface area contributed by atoms with Gasteiger partial charge < -0.3 is 15.2 Å². The number of fused-ring (bicyclic) bond motifs is 1. The number of carbonyl (C=O) groups excluding carboxylic acids is 2. The fourth-order valence-corrected chi connectivity index (χ4v) is 6.16. The van der Waals surface area contributed by atoms with Crippen molar-refractivity contribution in [3.63, 3.8) is 0 Å². The van der Waals surface area contributed by atoms with Crippen LogP contribution in [0.3, 0.4) is 0 Å². The van der Waals surface area contributed by atoms with Gasteiger partial charge in [0.1, 0.15) is 11.0 Å². The van der Waals surface area contributed by atoms with Gasteiger partial charge in [-0.2, -0.15) is 0 Å². The Morgan fingerprint density at radius 1 is 0.895 bits per heavy atom. The first-order valence-corrected chi connectivity index (χ1v) is 13.4. The van der Waals surface area contributed by atoms with E-state index in [1.165, 1.54) is 12.1 Å². The summed E-state index contributed by atoms with van der Waals surface area (Å²) in [6.07, 6.45) is 1.79. The molecule has 0 radical (unpaired) electrons. The molecule has 0 bridgehead atoms. The van der Waals surface area contributed by atoms with Gasteiger partial charge in [0.15, 0.2) is 0 Å². The van der Waals surface area contributed by atoms with Gasteiger partial charge in [-0.05, 0) is 66.2 Å². The zero-order chi connectivity index (χ0) is 27.2. The third-order valence-corrected chi connectivity index (χ3v) is 8.12. The van der Waals surface area contributed by atoms with Crippen molar-refractivity contribution in [2.45, 2.75) is 16.8 Å². The number of carbonyl (C=O) groups is 2. The van der Waals surface area contributed by atoms with Gasteiger partial charge in [-0.15, -0.1) is 23.2 Å². The van der Waals surface area contributed by atoms with Crippen LogP contribution in [0.25, 0.3) is 10.9 Å². The molecule has 1 aliphatic rings. The Labute approximate surface area is 242 Å². The molecule has 196 valence electrons. The summed E-state index contributed by atoms with van der Waals surface area (Å²) in [6, 6.07) is 16.7. The number of amides is 2. The second-order valence-electron chi connectivity index (χ2n) is 8.94. The molecule has 0 unspecified atom stereocenters. The first-order chi connectivity index (χ1) is 18.1. The maximum absolute atomic E-state index is 13.1. The van der Waals surface area contributed by atoms with E-state index in [-0.39, 0.29) is 17.1 Å². The Hall–Kier alpha value is -2.48. The Kier molecular flexibility index (Phi) is 7.55. The molecular formula is C27H19Cl5FN3O2. The standard InChI is InChI=1S/C27H19Cl5FN3O2/c28-16-9-15(10-17(29)12-16)23-24(27(23,31)32)26(38)35-19-1-3-21(30)20(13-19)25(37)34-18-2-4-22-14(11-18)5-7-36(22)8-6-33/h1-5,7,9-13,23-24H,6,8H2,(H,34,37)(H,35,38)/t23-,24+/m0/s1. The number of nitrogens with one attached hydrogen (secondary N) is 2. The number of hydrogen-bond acceptors (Lipinski definition) is 2. The molecule has 2 N–H and O–H groups in total. The lowest BCUT2D eigenvalue weighted by Gasteiger charge is -2.11. The Morgan fingerprint density at radius 2 is 1.58 bits per heavy atom. The van der Waals surface area contributed by atoms with Crippen LogP contribution >= 0.6 is 58.0 Å². The number of nitrogens with zero attached hydrogens (tertiary/aromatic N) is 1. The summed E-state index contributed by atoms with van der Waals surface area (Å²) in [6.45, 7) is -0.215. The number of aryl methyl sites for hydroxylation is 1. The van der Waals surface area contributed by atoms with Gasteiger partial charge in [0, 0.05) is 44.4 Å². The highest BCUT2D eigenvalue weighted by Crippen LogP contribution is 2.65. The van der Waals surface area contributed by atoms with Crippen molar-refractivity contribution < 1.29 is 14.0 Å². The van der Waals surface area contributed by atoms with Crippen LogP contribution in [0.15, 0.2) is 66.9 Å². The fraction of sp³-hybridized carbons (Fsp3) is 0.185. The lowest BCUT2D eigenvalue weighted by molar-refractivity contribution is -0.117. The van der Waals surface area contributed by atoms with Crippen LogP contribution in [0, 0.1) is 5.92 Å². The zero-order valence-corrected chi connectivity index (χ0v) is 23.2. The van der Waals surface area contributed by atoms with Crippen molar-refractivity contribution in [3.05, 3.63) is 93.1 Å². The minimum atomic E-state index is -1.34. The SMILES string of the molecule is O=C(Nc1ccc2c(ccn2CCF)c1)c1cc(NC(=O)[C@H]2[C@H](c3cc(Cl)cc(Cl)c3)C2(Cl)Cl)ccc1Cl. The zero-order valence-electron chi connectivity index (χ0n) is 19.5. The van der Waals surface area contributed by atoms with E-state index in [1.54, 1.807) is 47.2 Å². The van der Waals surface area contributed by atoms with Crippen molar-refractivity contribution in [3.8, 4) is 0 Å². The molecule has 38 heavy (non-hydrogen) atoms. The molecule has 1 saturated carbocycles. The van der Waals surface area contributed by atoms with E-state index < -0.39 is 34.7 Å². The Morgan fingerprint density at radius 3 is 2.29 bits per heavy atom. The molecular weight excluding hydrogens is 595 g/mol. The van der Waals surface area contributed by atoms with E-state index >= 15 is 0 Å². The number of benzene rings is 3. The molecule has 4 aromatic rings. The largest absolute Gasteiger partial charge is 0.345 e. The van der Waals surface area contributed by atoms with Crippen LogP contribution in [0.2, 0.25) is 15.1 Å². The van der Waals surface area contributed by atoms with Crippen molar-refractivity contribution in [2.75, 3.05) is 17.3 Å². The molecule has 11 heteroatoms. The molecule has 0 spiro atoms. The average Bonchev–Trinajstić information content (AvgIpc) is 3.22. The first-order valence-electron chi connectivity index (χ1n) is 11.5. The number of rotatable bonds is 7. The van der Waals surface area contributed by atoms with Gasteiger partial charge in [-0.3, -0.25) is 9.59 Å². The Balaban J connectivity index is 1.31. The number of halogens is 6. The number of anilines is 2. The summed E-state index contributed by atoms with van der Waals surface area (Å²) in [5.74, 6) is -2.15. The fourth-order valence-electron chi connectivity index (χ4n) is 4.58. The van der Waals surface area contributed by atoms with Gasteiger partial charge >= 0.3 is 0 Å². The maximum Gasteiger partial charge on any atom is 0.257 e. The normalized spacial score (nSPS) is 17.8. The summed E-state index contributed by atoms with van der Waals surface area (Å²) in [5, 5.41) is 7.46. The maximum atomic E-state index is 13.1. The van der Waals surface area contributed by atoms with E-state index in [0.29, 0.717) is 27.0 Å². The molecule has 2 amide bonds. The highest BCUT2D eigenvalue weighted by atomic mass is 35.5. The lowest BCUT2D eigenvalue weighted by atomic mass is 10.1. The molecule has 2 atom stereocenters. The molecule has 0 saturated heterocycles. The molecule has 1 heterocycles. The predicted octanol–water partition coefficient (Wildman–Crippen LogP) is 8.35. The minimum absolute atomic E-state index is 0.163. The van der Waals surface area contributed by atoms with Crippen molar-refractivity contribution in [2.24, 2.45) is 5.92 Å². The van der Waals surface area contributed by atoms with Crippen LogP contribution in [-0.4, -0.2) is 27.4 Å². The van der Waals surface area contributed by atoms with Crippen molar-refractivity contribution >= 4 is 92.1 Å². The van der Waals surface area contributed by atoms with Gasteiger partial charge in [0.25, 0.3) is 5.91 Å². The minimum Gasteiger partial charge on any atom is -0.345 e. The molecule has 1 aliphatic carbocycles. The second-order valence-corrected chi connectivity index (χ2v) is 11.7. The van der Waals surface area contributed by atoms with E-state index in [1.807, 2.05) is 12.1 Å². The third kappa shape index (κ3) is 5.33. The summed E-state index contributed by atoms with van der Waals surface area (Å²) in [4.78, 5) is 26.1. The molecule has 5 rings (SSSR count). The van der Waals surface area contributed by atoms with Crippen molar-refractivity contribution in [1.29, 1.82) is 0 Å². The summed E-state index contributed by atoms with van der Waals surface area (Å²) in [5.41, 5.74) is 2.57. The summed E-state index contributed by atoms with van der Waals surface area (Å²) >= 11 is 31.4. The van der Waals surface area contributed by atoms with Gasteiger partial charge in [0.2, 0.25) is 5.91 Å². The third-order valence-electron chi connectivity index (χ3n) is 6.41. The highest BCUT2D eigenvalue weighted by Gasteiger charge is 2.67. The average molecular weight is 614 g/mol. The topological polar surface area (TPSA) is 63.1 Å². The lowest BCUT2D eigenvalue weighted by Crippen LogP contribution is -2.18. The van der Waals surface area contributed by atoms with E-state index in [0.717, 1.165) is 10.9 Å². The first kappa shape index (κ1) is 27.1. The van der Waals surface area contributed by atoms with Crippen LogP contribution in [0.4, 0.5) is 15.8 Å². The van der Waals surface area contributed by atoms with Crippen molar-refractivity contribution in [1.82, 2.24) is 4.57 Å².